The summed E-state index contributed by atoms with van der Waals surface area (Å²) in [6.07, 6.45) is 2.67. The third-order valence-corrected chi connectivity index (χ3v) is 5.27. The molecule has 0 aliphatic carbocycles. The van der Waals surface area contributed by atoms with E-state index in [9.17, 15) is 4.79 Å². The van der Waals surface area contributed by atoms with Crippen LogP contribution in [0.1, 0.15) is 33.6 Å². The van der Waals surface area contributed by atoms with E-state index in [-0.39, 0.29) is 11.8 Å². The van der Waals surface area contributed by atoms with Crippen LogP contribution in [0, 0.1) is 5.92 Å². The molecular formula is C16H32N4O. The standard InChI is InChI=1S/C16H32N4O/c1-13(12-17)16(21)19-9-6-18(7-10-19)8-11-20-14(2)4-5-15(20)3/h13-15H,4-12,17H2,1-3H3. The zero-order valence-corrected chi connectivity index (χ0v) is 13.9. The van der Waals surface area contributed by atoms with Crippen LogP contribution in [0.15, 0.2) is 0 Å². The summed E-state index contributed by atoms with van der Waals surface area (Å²) in [5.74, 6) is 0.182. The number of carbonyl (C=O) groups is 1. The second kappa shape index (κ2) is 7.56. The van der Waals surface area contributed by atoms with Crippen molar-refractivity contribution >= 4 is 5.91 Å². The van der Waals surface area contributed by atoms with Gasteiger partial charge in [-0.1, -0.05) is 6.92 Å². The topological polar surface area (TPSA) is 52.8 Å². The van der Waals surface area contributed by atoms with Crippen LogP contribution in [-0.4, -0.2) is 78.5 Å². The summed E-state index contributed by atoms with van der Waals surface area (Å²) in [5, 5.41) is 0. The molecule has 2 N–H and O–H groups in total. The molecule has 2 saturated heterocycles. The SMILES string of the molecule is CC(CN)C(=O)N1CCN(CCN2C(C)CCC2C)CC1. The molecule has 2 aliphatic heterocycles. The third kappa shape index (κ3) is 4.18. The van der Waals surface area contributed by atoms with Crippen LogP contribution in [0.4, 0.5) is 0 Å². The van der Waals surface area contributed by atoms with E-state index in [4.69, 9.17) is 5.73 Å². The van der Waals surface area contributed by atoms with Gasteiger partial charge >= 0.3 is 0 Å². The van der Waals surface area contributed by atoms with Crippen molar-refractivity contribution in [2.45, 2.75) is 45.7 Å². The van der Waals surface area contributed by atoms with Crippen LogP contribution in [0.5, 0.6) is 0 Å². The minimum atomic E-state index is -0.0390. The lowest BCUT2D eigenvalue weighted by Gasteiger charge is -2.37. The van der Waals surface area contributed by atoms with E-state index in [1.54, 1.807) is 0 Å². The molecule has 0 bridgehead atoms. The average Bonchev–Trinajstić information content (AvgIpc) is 2.83. The van der Waals surface area contributed by atoms with Crippen LogP contribution < -0.4 is 5.73 Å². The number of nitrogens with zero attached hydrogens (tertiary/aromatic N) is 3. The minimum absolute atomic E-state index is 0.0390. The van der Waals surface area contributed by atoms with E-state index >= 15 is 0 Å². The molecule has 2 aliphatic rings. The van der Waals surface area contributed by atoms with Crippen molar-refractivity contribution < 1.29 is 4.79 Å². The highest BCUT2D eigenvalue weighted by atomic mass is 16.2. The van der Waals surface area contributed by atoms with Crippen molar-refractivity contribution in [2.75, 3.05) is 45.8 Å². The van der Waals surface area contributed by atoms with Crippen molar-refractivity contribution in [1.29, 1.82) is 0 Å². The predicted octanol–water partition coefficient (Wildman–Crippen LogP) is 0.598. The molecule has 2 heterocycles. The second-order valence-electron chi connectivity index (χ2n) is 6.82. The van der Waals surface area contributed by atoms with Gasteiger partial charge < -0.3 is 10.6 Å². The summed E-state index contributed by atoms with van der Waals surface area (Å²) in [6, 6.07) is 1.46. The molecule has 2 rings (SSSR count). The molecule has 0 saturated carbocycles. The van der Waals surface area contributed by atoms with E-state index in [1.807, 2.05) is 11.8 Å². The van der Waals surface area contributed by atoms with Gasteiger partial charge in [-0.3, -0.25) is 14.6 Å². The highest BCUT2D eigenvalue weighted by Gasteiger charge is 2.28. The Bertz CT molecular complexity index is 331. The molecule has 5 heteroatoms. The Hall–Kier alpha value is -0.650. The predicted molar refractivity (Wildman–Crippen MR) is 86.1 cm³/mol. The maximum atomic E-state index is 12.1. The fourth-order valence-electron chi connectivity index (χ4n) is 3.55. The molecule has 2 fully saturated rings. The van der Waals surface area contributed by atoms with Crippen LogP contribution in [0.25, 0.3) is 0 Å². The molecule has 0 aromatic rings. The Morgan fingerprint density at radius 1 is 1.10 bits per heavy atom. The van der Waals surface area contributed by atoms with Crippen molar-refractivity contribution in [3.63, 3.8) is 0 Å². The zero-order chi connectivity index (χ0) is 15.4. The van der Waals surface area contributed by atoms with Gasteiger partial charge in [-0.05, 0) is 26.7 Å². The van der Waals surface area contributed by atoms with Crippen molar-refractivity contribution in [3.05, 3.63) is 0 Å². The van der Waals surface area contributed by atoms with Gasteiger partial charge in [0.15, 0.2) is 0 Å². The molecule has 3 unspecified atom stereocenters. The molecule has 0 aromatic heterocycles. The lowest BCUT2D eigenvalue weighted by atomic mass is 10.1. The van der Waals surface area contributed by atoms with Crippen LogP contribution in [-0.2, 0) is 4.79 Å². The average molecular weight is 296 g/mol. The van der Waals surface area contributed by atoms with Gasteiger partial charge in [0.1, 0.15) is 0 Å². The van der Waals surface area contributed by atoms with Crippen molar-refractivity contribution in [1.82, 2.24) is 14.7 Å². The molecule has 0 aromatic carbocycles. The van der Waals surface area contributed by atoms with Crippen LogP contribution in [0.3, 0.4) is 0 Å². The summed E-state index contributed by atoms with van der Waals surface area (Å²) in [7, 11) is 0. The largest absolute Gasteiger partial charge is 0.340 e. The maximum Gasteiger partial charge on any atom is 0.226 e. The Balaban J connectivity index is 1.71. The van der Waals surface area contributed by atoms with Gasteiger partial charge in [-0.2, -0.15) is 0 Å². The number of hydrogen-bond acceptors (Lipinski definition) is 4. The second-order valence-corrected chi connectivity index (χ2v) is 6.82. The van der Waals surface area contributed by atoms with E-state index in [1.165, 1.54) is 12.8 Å². The van der Waals surface area contributed by atoms with E-state index in [2.05, 4.69) is 23.6 Å². The molecule has 1 amide bonds. The summed E-state index contributed by atoms with van der Waals surface area (Å²) in [5.41, 5.74) is 5.59. The van der Waals surface area contributed by atoms with Gasteiger partial charge in [0.05, 0.1) is 0 Å². The first-order valence-corrected chi connectivity index (χ1v) is 8.50. The number of likely N-dealkylation sites (tertiary alicyclic amines) is 1. The monoisotopic (exact) mass is 296 g/mol. The van der Waals surface area contributed by atoms with Crippen LogP contribution in [0.2, 0.25) is 0 Å². The number of nitrogens with two attached hydrogens (primary N) is 1. The Kier molecular flexibility index (Phi) is 6.02. The molecule has 0 radical (unpaired) electrons. The number of piperazine rings is 1. The molecule has 21 heavy (non-hydrogen) atoms. The van der Waals surface area contributed by atoms with Crippen molar-refractivity contribution in [3.8, 4) is 0 Å². The van der Waals surface area contributed by atoms with Crippen LogP contribution >= 0.6 is 0 Å². The van der Waals surface area contributed by atoms with E-state index in [0.717, 1.165) is 51.4 Å². The summed E-state index contributed by atoms with van der Waals surface area (Å²) in [6.45, 7) is 13.1. The first-order valence-electron chi connectivity index (χ1n) is 8.50. The molecular weight excluding hydrogens is 264 g/mol. The van der Waals surface area contributed by atoms with Crippen molar-refractivity contribution in [2.24, 2.45) is 11.7 Å². The van der Waals surface area contributed by atoms with Gasteiger partial charge in [0.25, 0.3) is 0 Å². The highest BCUT2D eigenvalue weighted by Crippen LogP contribution is 2.22. The smallest absolute Gasteiger partial charge is 0.226 e. The van der Waals surface area contributed by atoms with Gasteiger partial charge in [0.2, 0.25) is 5.91 Å². The number of rotatable bonds is 5. The summed E-state index contributed by atoms with van der Waals surface area (Å²) < 4.78 is 0. The quantitative estimate of drug-likeness (QED) is 0.807. The Morgan fingerprint density at radius 2 is 1.67 bits per heavy atom. The molecule has 0 spiro atoms. The molecule has 122 valence electrons. The Labute approximate surface area is 129 Å². The number of amides is 1. The lowest BCUT2D eigenvalue weighted by Crippen LogP contribution is -2.52. The van der Waals surface area contributed by atoms with E-state index < -0.39 is 0 Å². The first kappa shape index (κ1) is 16.7. The minimum Gasteiger partial charge on any atom is -0.340 e. The fraction of sp³-hybridized carbons (Fsp3) is 0.938. The maximum absolute atomic E-state index is 12.1. The normalized spacial score (nSPS) is 29.8. The third-order valence-electron chi connectivity index (χ3n) is 5.27. The van der Waals surface area contributed by atoms with E-state index in [0.29, 0.717) is 6.54 Å². The Morgan fingerprint density at radius 3 is 2.19 bits per heavy atom. The molecule has 3 atom stereocenters. The molecule has 5 nitrogen and oxygen atoms in total. The van der Waals surface area contributed by atoms with Gasteiger partial charge in [-0.15, -0.1) is 0 Å². The number of hydrogen-bond donors (Lipinski definition) is 1. The zero-order valence-electron chi connectivity index (χ0n) is 13.9. The fourth-order valence-corrected chi connectivity index (χ4v) is 3.55. The van der Waals surface area contributed by atoms with Gasteiger partial charge in [0, 0.05) is 63.8 Å². The number of carbonyl (C=O) groups excluding carboxylic acids is 1. The lowest BCUT2D eigenvalue weighted by molar-refractivity contribution is -0.136. The first-order chi connectivity index (χ1) is 10.0. The summed E-state index contributed by atoms with van der Waals surface area (Å²) in [4.78, 5) is 19.2. The summed E-state index contributed by atoms with van der Waals surface area (Å²) >= 11 is 0. The van der Waals surface area contributed by atoms with Gasteiger partial charge in [-0.25, -0.2) is 0 Å². The highest BCUT2D eigenvalue weighted by molar-refractivity contribution is 5.78.